The van der Waals surface area contributed by atoms with Gasteiger partial charge in [0.05, 0.1) is 15.2 Å². The first-order chi connectivity index (χ1) is 8.97. The van der Waals surface area contributed by atoms with Gasteiger partial charge in [0.1, 0.15) is 5.01 Å². The van der Waals surface area contributed by atoms with Gasteiger partial charge in [-0.2, -0.15) is 0 Å². The molecule has 0 saturated carbocycles. The third-order valence-corrected chi connectivity index (χ3v) is 6.14. The lowest BCUT2D eigenvalue weighted by Gasteiger charge is -1.99. The van der Waals surface area contributed by atoms with Gasteiger partial charge in [-0.3, -0.25) is 4.79 Å². The zero-order chi connectivity index (χ0) is 14.0. The normalized spacial score (nSPS) is 10.4. The molecule has 0 spiro atoms. The predicted molar refractivity (Wildman–Crippen MR) is 80.0 cm³/mol. The van der Waals surface area contributed by atoms with Crippen molar-refractivity contribution in [2.24, 2.45) is 0 Å². The summed E-state index contributed by atoms with van der Waals surface area (Å²) in [5.41, 5.74) is -0.00383. The molecular formula is C10H6Br2N2O3S2. The minimum Gasteiger partial charge on any atom is -0.476 e. The van der Waals surface area contributed by atoms with Crippen LogP contribution in [-0.4, -0.2) is 22.0 Å². The van der Waals surface area contributed by atoms with Gasteiger partial charge in [0, 0.05) is 9.85 Å². The molecule has 0 aliphatic rings. The Morgan fingerprint density at radius 1 is 1.42 bits per heavy atom. The monoisotopic (exact) mass is 424 g/mol. The number of halogens is 2. The molecule has 0 aliphatic heterocycles. The highest BCUT2D eigenvalue weighted by atomic mass is 79.9. The van der Waals surface area contributed by atoms with Crippen LogP contribution in [-0.2, 0) is 6.54 Å². The van der Waals surface area contributed by atoms with E-state index in [9.17, 15) is 9.59 Å². The summed E-state index contributed by atoms with van der Waals surface area (Å²) >= 11 is 9.14. The Labute approximate surface area is 132 Å². The standard InChI is InChI=1S/C10H6Br2N2O3S2/c11-4-1-6(19-8(4)12)9(15)13-2-7-14-5(3-18-7)10(16)17/h1,3H,2H2,(H,13,15)(H,16,17). The molecular weight excluding hydrogens is 420 g/mol. The molecule has 2 aromatic rings. The number of carboxylic acid groups (broad SMARTS) is 1. The molecule has 0 fully saturated rings. The van der Waals surface area contributed by atoms with Crippen LogP contribution in [0.25, 0.3) is 0 Å². The van der Waals surface area contributed by atoms with Gasteiger partial charge >= 0.3 is 5.97 Å². The van der Waals surface area contributed by atoms with Gasteiger partial charge in [-0.05, 0) is 37.9 Å². The number of nitrogens with zero attached hydrogens (tertiary/aromatic N) is 1. The predicted octanol–water partition coefficient (Wildman–Crippen LogP) is 3.36. The fourth-order valence-corrected chi connectivity index (χ4v) is 3.85. The molecule has 2 N–H and O–H groups in total. The van der Waals surface area contributed by atoms with Gasteiger partial charge < -0.3 is 10.4 Å². The van der Waals surface area contributed by atoms with Crippen molar-refractivity contribution in [1.29, 1.82) is 0 Å². The third-order valence-electron chi connectivity index (χ3n) is 2.04. The maximum absolute atomic E-state index is 11.8. The lowest BCUT2D eigenvalue weighted by Crippen LogP contribution is -2.21. The van der Waals surface area contributed by atoms with Gasteiger partial charge in [-0.15, -0.1) is 22.7 Å². The highest BCUT2D eigenvalue weighted by Gasteiger charge is 2.13. The fraction of sp³-hybridized carbons (Fsp3) is 0.100. The minimum atomic E-state index is -1.07. The molecule has 5 nitrogen and oxygen atoms in total. The highest BCUT2D eigenvalue weighted by Crippen LogP contribution is 2.32. The molecule has 2 rings (SSSR count). The van der Waals surface area contributed by atoms with Crippen molar-refractivity contribution >= 4 is 66.4 Å². The van der Waals surface area contributed by atoms with Crippen molar-refractivity contribution in [1.82, 2.24) is 10.3 Å². The van der Waals surface area contributed by atoms with Crippen molar-refractivity contribution in [3.63, 3.8) is 0 Å². The number of nitrogens with one attached hydrogen (secondary N) is 1. The zero-order valence-corrected chi connectivity index (χ0v) is 14.0. The second-order valence-electron chi connectivity index (χ2n) is 3.35. The lowest BCUT2D eigenvalue weighted by atomic mass is 10.4. The summed E-state index contributed by atoms with van der Waals surface area (Å²) in [4.78, 5) is 27.0. The average Bonchev–Trinajstić information content (AvgIpc) is 2.94. The Balaban J connectivity index is 1.98. The molecule has 0 aliphatic carbocycles. The van der Waals surface area contributed by atoms with Gasteiger partial charge in [0.15, 0.2) is 5.69 Å². The number of hydrogen-bond donors (Lipinski definition) is 2. The zero-order valence-electron chi connectivity index (χ0n) is 9.15. The summed E-state index contributed by atoms with van der Waals surface area (Å²) < 4.78 is 1.67. The van der Waals surface area contributed by atoms with Crippen LogP contribution in [0.4, 0.5) is 0 Å². The third kappa shape index (κ3) is 3.62. The molecule has 2 aromatic heterocycles. The van der Waals surface area contributed by atoms with Crippen molar-refractivity contribution in [2.75, 3.05) is 0 Å². The van der Waals surface area contributed by atoms with E-state index in [0.717, 1.165) is 8.26 Å². The average molecular weight is 426 g/mol. The number of thiazole rings is 1. The molecule has 0 radical (unpaired) electrons. The van der Waals surface area contributed by atoms with E-state index in [4.69, 9.17) is 5.11 Å². The molecule has 1 amide bonds. The number of amides is 1. The van der Waals surface area contributed by atoms with Crippen LogP contribution in [0.2, 0.25) is 0 Å². The smallest absolute Gasteiger partial charge is 0.355 e. The molecule has 2 heterocycles. The minimum absolute atomic E-state index is 0.00383. The Bertz CT molecular complexity index is 619. The van der Waals surface area contributed by atoms with Crippen molar-refractivity contribution < 1.29 is 14.7 Å². The number of hydrogen-bond acceptors (Lipinski definition) is 5. The Hall–Kier alpha value is -0.770. The first-order valence-electron chi connectivity index (χ1n) is 4.88. The molecule has 19 heavy (non-hydrogen) atoms. The number of aromatic nitrogens is 1. The van der Waals surface area contributed by atoms with E-state index in [1.54, 1.807) is 6.07 Å². The van der Waals surface area contributed by atoms with Crippen molar-refractivity contribution in [3.8, 4) is 0 Å². The molecule has 0 unspecified atom stereocenters. The van der Waals surface area contributed by atoms with Crippen LogP contribution >= 0.6 is 54.5 Å². The quantitative estimate of drug-likeness (QED) is 0.786. The van der Waals surface area contributed by atoms with Crippen molar-refractivity contribution in [2.45, 2.75) is 6.54 Å². The second kappa shape index (κ2) is 6.12. The van der Waals surface area contributed by atoms with Crippen LogP contribution in [0.15, 0.2) is 19.7 Å². The molecule has 0 atom stereocenters. The highest BCUT2D eigenvalue weighted by molar-refractivity contribution is 9.13. The van der Waals surface area contributed by atoms with E-state index in [1.165, 1.54) is 28.1 Å². The van der Waals surface area contributed by atoms with Gasteiger partial charge in [0.2, 0.25) is 0 Å². The fourth-order valence-electron chi connectivity index (χ4n) is 1.19. The second-order valence-corrected chi connectivity index (χ2v) is 7.51. The number of carbonyl (C=O) groups is 2. The summed E-state index contributed by atoms with van der Waals surface area (Å²) in [6.07, 6.45) is 0. The van der Waals surface area contributed by atoms with Gasteiger partial charge in [0.25, 0.3) is 5.91 Å². The Morgan fingerprint density at radius 3 is 2.68 bits per heavy atom. The lowest BCUT2D eigenvalue weighted by molar-refractivity contribution is 0.0691. The number of thiophene rings is 1. The van der Waals surface area contributed by atoms with E-state index < -0.39 is 5.97 Å². The van der Waals surface area contributed by atoms with Gasteiger partial charge in [-0.25, -0.2) is 9.78 Å². The SMILES string of the molecule is O=C(O)c1csc(CNC(=O)c2cc(Br)c(Br)s2)n1. The van der Waals surface area contributed by atoms with E-state index in [0.29, 0.717) is 9.88 Å². The summed E-state index contributed by atoms with van der Waals surface area (Å²) in [6.45, 7) is 0.212. The summed E-state index contributed by atoms with van der Waals surface area (Å²) in [6, 6.07) is 1.72. The van der Waals surface area contributed by atoms with E-state index in [1.807, 2.05) is 0 Å². The number of aromatic carboxylic acids is 1. The van der Waals surface area contributed by atoms with Crippen LogP contribution in [0.5, 0.6) is 0 Å². The summed E-state index contributed by atoms with van der Waals surface area (Å²) in [5.74, 6) is -1.29. The van der Waals surface area contributed by atoms with Gasteiger partial charge in [-0.1, -0.05) is 0 Å². The van der Waals surface area contributed by atoms with E-state index in [-0.39, 0.29) is 18.1 Å². The molecule has 100 valence electrons. The van der Waals surface area contributed by atoms with Crippen molar-refractivity contribution in [3.05, 3.63) is 35.3 Å². The van der Waals surface area contributed by atoms with Crippen LogP contribution in [0.1, 0.15) is 25.2 Å². The number of rotatable bonds is 4. The topological polar surface area (TPSA) is 79.3 Å². The van der Waals surface area contributed by atoms with E-state index in [2.05, 4.69) is 42.2 Å². The maximum atomic E-state index is 11.8. The summed E-state index contributed by atoms with van der Waals surface area (Å²) in [5, 5.41) is 13.4. The largest absolute Gasteiger partial charge is 0.476 e. The van der Waals surface area contributed by atoms with Crippen LogP contribution < -0.4 is 5.32 Å². The Kier molecular flexibility index (Phi) is 4.71. The first kappa shape index (κ1) is 14.6. The van der Waals surface area contributed by atoms with Crippen LogP contribution in [0.3, 0.4) is 0 Å². The van der Waals surface area contributed by atoms with Crippen LogP contribution in [0, 0.1) is 0 Å². The first-order valence-corrected chi connectivity index (χ1v) is 8.16. The maximum Gasteiger partial charge on any atom is 0.355 e. The van der Waals surface area contributed by atoms with E-state index >= 15 is 0 Å². The number of carbonyl (C=O) groups excluding carboxylic acids is 1. The summed E-state index contributed by atoms with van der Waals surface area (Å²) in [7, 11) is 0. The molecule has 0 aromatic carbocycles. The molecule has 0 saturated heterocycles. The Morgan fingerprint density at radius 2 is 2.16 bits per heavy atom. The molecule has 9 heteroatoms. The molecule has 0 bridgehead atoms. The number of carboxylic acids is 1.